The van der Waals surface area contributed by atoms with E-state index >= 15 is 0 Å². The molecule has 1 heterocycles. The van der Waals surface area contributed by atoms with Crippen LogP contribution in [0.4, 0.5) is 0 Å². The average molecular weight is 368 g/mol. The molecule has 1 aliphatic rings. The van der Waals surface area contributed by atoms with Gasteiger partial charge in [0.05, 0.1) is 0 Å². The molecule has 0 amide bonds. The first-order valence-electron chi connectivity index (χ1n) is 10.1. The van der Waals surface area contributed by atoms with E-state index in [9.17, 15) is 0 Å². The Kier molecular flexibility index (Phi) is 7.69. The zero-order chi connectivity index (χ0) is 18.9. The van der Waals surface area contributed by atoms with Gasteiger partial charge in [-0.3, -0.25) is 0 Å². The number of hydrogen-bond acceptors (Lipinski definition) is 4. The summed E-state index contributed by atoms with van der Waals surface area (Å²) in [5, 5.41) is 3.55. The number of aryl methyl sites for hydroxylation is 1. The maximum atomic E-state index is 5.88. The lowest BCUT2D eigenvalue weighted by Gasteiger charge is -2.32. The van der Waals surface area contributed by atoms with Gasteiger partial charge in [-0.1, -0.05) is 42.0 Å². The first-order valence-corrected chi connectivity index (χ1v) is 10.1. The molecule has 0 aliphatic carbocycles. The van der Waals surface area contributed by atoms with Gasteiger partial charge in [0.1, 0.15) is 12.4 Å². The van der Waals surface area contributed by atoms with Crippen molar-refractivity contribution in [2.75, 3.05) is 46.3 Å². The van der Waals surface area contributed by atoms with Gasteiger partial charge in [0.15, 0.2) is 0 Å². The Morgan fingerprint density at radius 2 is 1.56 bits per heavy atom. The smallest absolute Gasteiger partial charge is 0.119 e. The van der Waals surface area contributed by atoms with Gasteiger partial charge in [-0.2, -0.15) is 0 Å². The van der Waals surface area contributed by atoms with E-state index in [0.29, 0.717) is 6.61 Å². The molecule has 1 fully saturated rings. The Morgan fingerprint density at radius 3 is 2.26 bits per heavy atom. The second kappa shape index (κ2) is 10.5. The minimum atomic E-state index is 0.615. The number of piperazine rings is 1. The second-order valence-electron chi connectivity index (χ2n) is 7.59. The molecular weight excluding hydrogens is 334 g/mol. The quantitative estimate of drug-likeness (QED) is 0.688. The van der Waals surface area contributed by atoms with Crippen molar-refractivity contribution >= 4 is 0 Å². The van der Waals surface area contributed by atoms with E-state index in [1.807, 2.05) is 0 Å². The van der Waals surface area contributed by atoms with Crippen LogP contribution in [0.5, 0.6) is 5.75 Å². The predicted molar refractivity (Wildman–Crippen MR) is 112 cm³/mol. The van der Waals surface area contributed by atoms with Crippen LogP contribution in [0.15, 0.2) is 48.5 Å². The zero-order valence-electron chi connectivity index (χ0n) is 16.8. The molecule has 1 saturated heterocycles. The summed E-state index contributed by atoms with van der Waals surface area (Å²) in [6.45, 7) is 10.7. The van der Waals surface area contributed by atoms with Gasteiger partial charge in [0.25, 0.3) is 0 Å². The van der Waals surface area contributed by atoms with Gasteiger partial charge in [0, 0.05) is 32.7 Å². The molecule has 3 rings (SSSR count). The maximum Gasteiger partial charge on any atom is 0.119 e. The highest BCUT2D eigenvalue weighted by atomic mass is 16.5. The highest BCUT2D eigenvalue weighted by molar-refractivity contribution is 5.28. The van der Waals surface area contributed by atoms with Crippen LogP contribution < -0.4 is 10.1 Å². The largest absolute Gasteiger partial charge is 0.489 e. The van der Waals surface area contributed by atoms with E-state index in [2.05, 4.69) is 77.6 Å². The molecule has 0 unspecified atom stereocenters. The van der Waals surface area contributed by atoms with E-state index in [-0.39, 0.29) is 0 Å². The third-order valence-corrected chi connectivity index (χ3v) is 5.20. The maximum absolute atomic E-state index is 5.88. The lowest BCUT2D eigenvalue weighted by Crippen LogP contribution is -2.45. The summed E-state index contributed by atoms with van der Waals surface area (Å²) >= 11 is 0. The summed E-state index contributed by atoms with van der Waals surface area (Å²) in [7, 11) is 2.21. The minimum absolute atomic E-state index is 0.615. The number of hydrogen-bond donors (Lipinski definition) is 1. The molecule has 146 valence electrons. The number of ether oxygens (including phenoxy) is 1. The normalized spacial score (nSPS) is 15.8. The number of rotatable bonds is 9. The first kappa shape index (κ1) is 19.9. The monoisotopic (exact) mass is 367 g/mol. The third-order valence-electron chi connectivity index (χ3n) is 5.20. The van der Waals surface area contributed by atoms with Crippen LogP contribution in [0.1, 0.15) is 23.1 Å². The molecule has 0 radical (unpaired) electrons. The number of likely N-dealkylation sites (N-methyl/N-ethyl adjacent to an activating group) is 1. The topological polar surface area (TPSA) is 27.7 Å². The van der Waals surface area contributed by atoms with Gasteiger partial charge >= 0.3 is 0 Å². The molecule has 27 heavy (non-hydrogen) atoms. The summed E-state index contributed by atoms with van der Waals surface area (Å²) in [6, 6.07) is 16.9. The summed E-state index contributed by atoms with van der Waals surface area (Å²) < 4.78 is 5.88. The molecule has 0 saturated carbocycles. The molecular formula is C23H33N3O. The SMILES string of the molecule is Cc1ccc(COc2ccc(CNCCCN3CCN(C)CC3)cc2)cc1. The standard InChI is InChI=1S/C23H33N3O/c1-20-4-6-22(7-5-20)19-27-23-10-8-21(9-11-23)18-24-12-3-13-26-16-14-25(2)15-17-26/h4-11,24H,3,12-19H2,1-2H3. The fraction of sp³-hybridized carbons (Fsp3) is 0.478. The lowest BCUT2D eigenvalue weighted by molar-refractivity contribution is 0.153. The zero-order valence-corrected chi connectivity index (χ0v) is 16.8. The van der Waals surface area contributed by atoms with Crippen LogP contribution in [-0.2, 0) is 13.2 Å². The van der Waals surface area contributed by atoms with Crippen LogP contribution in [0, 0.1) is 6.92 Å². The Balaban J connectivity index is 1.30. The van der Waals surface area contributed by atoms with Gasteiger partial charge < -0.3 is 19.9 Å². The first-order chi connectivity index (χ1) is 13.2. The van der Waals surface area contributed by atoms with Crippen LogP contribution in [0.2, 0.25) is 0 Å². The van der Waals surface area contributed by atoms with E-state index < -0.39 is 0 Å². The Morgan fingerprint density at radius 1 is 0.889 bits per heavy atom. The molecule has 0 aromatic heterocycles. The van der Waals surface area contributed by atoms with Crippen molar-refractivity contribution in [3.63, 3.8) is 0 Å². The van der Waals surface area contributed by atoms with Crippen molar-refractivity contribution in [1.82, 2.24) is 15.1 Å². The van der Waals surface area contributed by atoms with E-state index in [1.165, 1.54) is 55.8 Å². The van der Waals surface area contributed by atoms with Gasteiger partial charge in [-0.05, 0) is 56.7 Å². The molecule has 4 nitrogen and oxygen atoms in total. The minimum Gasteiger partial charge on any atom is -0.489 e. The van der Waals surface area contributed by atoms with Crippen molar-refractivity contribution in [3.05, 3.63) is 65.2 Å². The predicted octanol–water partition coefficient (Wildman–Crippen LogP) is 3.30. The highest BCUT2D eigenvalue weighted by Crippen LogP contribution is 2.14. The molecule has 1 N–H and O–H groups in total. The van der Waals surface area contributed by atoms with Crippen molar-refractivity contribution in [2.45, 2.75) is 26.5 Å². The summed E-state index contributed by atoms with van der Waals surface area (Å²) in [4.78, 5) is 4.98. The molecule has 0 atom stereocenters. The highest BCUT2D eigenvalue weighted by Gasteiger charge is 2.12. The van der Waals surface area contributed by atoms with Crippen LogP contribution in [-0.4, -0.2) is 56.1 Å². The van der Waals surface area contributed by atoms with Crippen molar-refractivity contribution in [2.24, 2.45) is 0 Å². The Labute approximate surface area is 164 Å². The molecule has 1 aliphatic heterocycles. The van der Waals surface area contributed by atoms with Gasteiger partial charge in [0.2, 0.25) is 0 Å². The number of nitrogens with one attached hydrogen (secondary N) is 1. The third kappa shape index (κ3) is 6.98. The molecule has 0 bridgehead atoms. The van der Waals surface area contributed by atoms with Crippen molar-refractivity contribution in [1.29, 1.82) is 0 Å². The summed E-state index contributed by atoms with van der Waals surface area (Å²) in [6.07, 6.45) is 1.21. The number of nitrogens with zero attached hydrogens (tertiary/aromatic N) is 2. The van der Waals surface area contributed by atoms with Crippen LogP contribution >= 0.6 is 0 Å². The van der Waals surface area contributed by atoms with Crippen LogP contribution in [0.25, 0.3) is 0 Å². The van der Waals surface area contributed by atoms with Crippen LogP contribution in [0.3, 0.4) is 0 Å². The Bertz CT molecular complexity index is 661. The van der Waals surface area contributed by atoms with Crippen molar-refractivity contribution < 1.29 is 4.74 Å². The second-order valence-corrected chi connectivity index (χ2v) is 7.59. The van der Waals surface area contributed by atoms with Gasteiger partial charge in [-0.25, -0.2) is 0 Å². The average Bonchev–Trinajstić information content (AvgIpc) is 2.70. The van der Waals surface area contributed by atoms with Gasteiger partial charge in [-0.15, -0.1) is 0 Å². The fourth-order valence-electron chi connectivity index (χ4n) is 3.29. The number of benzene rings is 2. The van der Waals surface area contributed by atoms with E-state index in [4.69, 9.17) is 4.74 Å². The van der Waals surface area contributed by atoms with E-state index in [1.54, 1.807) is 0 Å². The fourth-order valence-corrected chi connectivity index (χ4v) is 3.29. The van der Waals surface area contributed by atoms with E-state index in [0.717, 1.165) is 18.8 Å². The summed E-state index contributed by atoms with van der Waals surface area (Å²) in [5.74, 6) is 0.925. The Hall–Kier alpha value is -1.88. The molecule has 2 aromatic rings. The summed E-state index contributed by atoms with van der Waals surface area (Å²) in [5.41, 5.74) is 3.78. The molecule has 4 heteroatoms. The molecule has 2 aromatic carbocycles. The van der Waals surface area contributed by atoms with Crippen molar-refractivity contribution in [3.8, 4) is 5.75 Å². The molecule has 0 spiro atoms. The lowest BCUT2D eigenvalue weighted by atomic mass is 10.2.